The molecule has 0 saturated carbocycles. The van der Waals surface area contributed by atoms with Gasteiger partial charge in [-0.1, -0.05) is 12.1 Å². The topological polar surface area (TPSA) is 124 Å². The van der Waals surface area contributed by atoms with E-state index in [9.17, 15) is 0 Å². The fourth-order valence-corrected chi connectivity index (χ4v) is 4.41. The zero-order chi connectivity index (χ0) is 22.4. The maximum atomic E-state index is 6.20. The molecule has 2 fully saturated rings. The third-order valence-electron chi connectivity index (χ3n) is 6.36. The zero-order valence-corrected chi connectivity index (χ0v) is 18.1. The van der Waals surface area contributed by atoms with Gasteiger partial charge in [0, 0.05) is 49.8 Å². The molecule has 10 heteroatoms. The minimum atomic E-state index is 0.328. The number of imidazole rings is 1. The van der Waals surface area contributed by atoms with E-state index < -0.39 is 0 Å². The van der Waals surface area contributed by atoms with Crippen LogP contribution in [0.5, 0.6) is 0 Å². The standard InChI is InChI=1S/C23H25N9O/c24-21-10-26-9-18(27-21)20-12-32-11-19(29-23(32)22(25)28-20)15-1-3-16(4-2-15)30-5-7-31(8-6-30)17-13-33-14-17/h1-4,9-12,17H,5-8,13-14H2,(H2,24,27)(H2,25,28). The second-order valence-corrected chi connectivity index (χ2v) is 8.46. The van der Waals surface area contributed by atoms with Gasteiger partial charge >= 0.3 is 0 Å². The highest BCUT2D eigenvalue weighted by molar-refractivity contribution is 5.72. The van der Waals surface area contributed by atoms with Crippen molar-refractivity contribution in [3.63, 3.8) is 0 Å². The molecule has 0 atom stereocenters. The first-order valence-corrected chi connectivity index (χ1v) is 11.0. The molecule has 2 saturated heterocycles. The summed E-state index contributed by atoms with van der Waals surface area (Å²) in [7, 11) is 0. The molecule has 6 rings (SSSR count). The summed E-state index contributed by atoms with van der Waals surface area (Å²) in [5.41, 5.74) is 16.8. The molecule has 2 aliphatic rings. The van der Waals surface area contributed by atoms with Crippen LogP contribution in [-0.2, 0) is 4.74 Å². The van der Waals surface area contributed by atoms with Gasteiger partial charge in [-0.3, -0.25) is 9.88 Å². The Morgan fingerprint density at radius 2 is 1.58 bits per heavy atom. The maximum Gasteiger partial charge on any atom is 0.180 e. The van der Waals surface area contributed by atoms with Crippen molar-refractivity contribution in [1.29, 1.82) is 0 Å². The van der Waals surface area contributed by atoms with Crippen LogP contribution in [0, 0.1) is 0 Å². The lowest BCUT2D eigenvalue weighted by Gasteiger charge is -2.43. The summed E-state index contributed by atoms with van der Waals surface area (Å²) in [6.07, 6.45) is 6.89. The van der Waals surface area contributed by atoms with Gasteiger partial charge in [-0.25, -0.2) is 15.0 Å². The summed E-state index contributed by atoms with van der Waals surface area (Å²) in [4.78, 5) is 22.5. The number of fused-ring (bicyclic) bond motifs is 1. The van der Waals surface area contributed by atoms with Crippen molar-refractivity contribution < 1.29 is 4.74 Å². The smallest absolute Gasteiger partial charge is 0.180 e. The Morgan fingerprint density at radius 1 is 0.818 bits per heavy atom. The summed E-state index contributed by atoms with van der Waals surface area (Å²) in [5.74, 6) is 0.659. The quantitative estimate of drug-likeness (QED) is 0.483. The lowest BCUT2D eigenvalue weighted by atomic mass is 10.1. The van der Waals surface area contributed by atoms with Crippen LogP contribution in [0.4, 0.5) is 17.3 Å². The van der Waals surface area contributed by atoms with Crippen LogP contribution in [0.1, 0.15) is 0 Å². The summed E-state index contributed by atoms with van der Waals surface area (Å²) in [6, 6.07) is 9.15. The van der Waals surface area contributed by atoms with Crippen molar-refractivity contribution in [3.05, 3.63) is 49.1 Å². The maximum absolute atomic E-state index is 6.20. The number of rotatable bonds is 4. The van der Waals surface area contributed by atoms with Gasteiger partial charge in [0.25, 0.3) is 0 Å². The van der Waals surface area contributed by atoms with E-state index in [1.807, 2.05) is 16.8 Å². The molecule has 0 spiro atoms. The molecule has 1 aromatic carbocycles. The number of nitrogen functional groups attached to an aromatic ring is 2. The number of hydrogen-bond acceptors (Lipinski definition) is 9. The average Bonchev–Trinajstić information content (AvgIpc) is 3.24. The van der Waals surface area contributed by atoms with Crippen LogP contribution in [0.3, 0.4) is 0 Å². The summed E-state index contributed by atoms with van der Waals surface area (Å²) in [6.45, 7) is 5.97. The molecule has 0 radical (unpaired) electrons. The SMILES string of the molecule is Nc1cncc(-c2cn3cc(-c4ccc(N5CCN(C6COC6)CC5)cc4)nc3c(N)n2)n1. The molecule has 5 heterocycles. The van der Waals surface area contributed by atoms with Crippen molar-refractivity contribution in [3.8, 4) is 22.6 Å². The van der Waals surface area contributed by atoms with Crippen molar-refractivity contribution in [2.24, 2.45) is 0 Å². The molecule has 3 aromatic heterocycles. The van der Waals surface area contributed by atoms with E-state index in [0.717, 1.165) is 50.7 Å². The minimum Gasteiger partial charge on any atom is -0.382 e. The Balaban J connectivity index is 1.22. The number of nitrogens with zero attached hydrogens (tertiary/aromatic N) is 7. The monoisotopic (exact) mass is 443 g/mol. The molecular formula is C23H25N9O. The third-order valence-corrected chi connectivity index (χ3v) is 6.36. The normalized spacial score (nSPS) is 17.4. The predicted octanol–water partition coefficient (Wildman–Crippen LogP) is 1.54. The molecule has 0 bridgehead atoms. The lowest BCUT2D eigenvalue weighted by Crippen LogP contribution is -2.56. The summed E-state index contributed by atoms with van der Waals surface area (Å²) < 4.78 is 7.20. The lowest BCUT2D eigenvalue weighted by molar-refractivity contribution is -0.0660. The highest BCUT2D eigenvalue weighted by Gasteiger charge is 2.28. The molecule has 0 amide bonds. The fourth-order valence-electron chi connectivity index (χ4n) is 4.41. The van der Waals surface area contributed by atoms with E-state index in [0.29, 0.717) is 34.7 Å². The van der Waals surface area contributed by atoms with Gasteiger partial charge in [-0.15, -0.1) is 0 Å². The Hall–Kier alpha value is -3.76. The Kier molecular flexibility index (Phi) is 4.81. The van der Waals surface area contributed by atoms with Gasteiger partial charge in [0.05, 0.1) is 37.3 Å². The average molecular weight is 444 g/mol. The van der Waals surface area contributed by atoms with E-state index >= 15 is 0 Å². The van der Waals surface area contributed by atoms with Crippen LogP contribution in [-0.4, -0.2) is 74.7 Å². The Bertz CT molecular complexity index is 1290. The van der Waals surface area contributed by atoms with E-state index in [4.69, 9.17) is 21.2 Å². The van der Waals surface area contributed by atoms with Gasteiger partial charge in [-0.2, -0.15) is 0 Å². The van der Waals surface area contributed by atoms with Crippen molar-refractivity contribution in [2.45, 2.75) is 6.04 Å². The Labute approximate surface area is 190 Å². The van der Waals surface area contributed by atoms with Crippen LogP contribution < -0.4 is 16.4 Å². The van der Waals surface area contributed by atoms with Gasteiger partial charge in [-0.05, 0) is 12.1 Å². The zero-order valence-electron chi connectivity index (χ0n) is 18.1. The predicted molar refractivity (Wildman–Crippen MR) is 127 cm³/mol. The third kappa shape index (κ3) is 3.73. The molecular weight excluding hydrogens is 418 g/mol. The van der Waals surface area contributed by atoms with Crippen LogP contribution in [0.2, 0.25) is 0 Å². The van der Waals surface area contributed by atoms with Crippen LogP contribution in [0.15, 0.2) is 49.1 Å². The summed E-state index contributed by atoms with van der Waals surface area (Å²) in [5, 5.41) is 0. The van der Waals surface area contributed by atoms with E-state index in [2.05, 4.69) is 49.0 Å². The first-order chi connectivity index (χ1) is 16.1. The van der Waals surface area contributed by atoms with E-state index in [-0.39, 0.29) is 0 Å². The molecule has 2 aliphatic heterocycles. The number of nitrogens with two attached hydrogens (primary N) is 2. The number of anilines is 3. The summed E-state index contributed by atoms with van der Waals surface area (Å²) >= 11 is 0. The number of hydrogen-bond donors (Lipinski definition) is 2. The van der Waals surface area contributed by atoms with Crippen molar-refractivity contribution in [2.75, 3.05) is 55.8 Å². The van der Waals surface area contributed by atoms with Crippen LogP contribution >= 0.6 is 0 Å². The molecule has 4 aromatic rings. The number of benzene rings is 1. The second kappa shape index (κ2) is 7.98. The molecule has 0 aliphatic carbocycles. The largest absolute Gasteiger partial charge is 0.382 e. The number of ether oxygens (including phenoxy) is 1. The van der Waals surface area contributed by atoms with Crippen molar-refractivity contribution >= 4 is 23.0 Å². The number of piperazine rings is 1. The van der Waals surface area contributed by atoms with Gasteiger partial charge in [0.1, 0.15) is 17.2 Å². The first-order valence-electron chi connectivity index (χ1n) is 11.0. The van der Waals surface area contributed by atoms with Gasteiger partial charge in [0.2, 0.25) is 0 Å². The van der Waals surface area contributed by atoms with E-state index in [1.165, 1.54) is 11.9 Å². The molecule has 10 nitrogen and oxygen atoms in total. The minimum absolute atomic E-state index is 0.328. The van der Waals surface area contributed by atoms with Crippen LogP contribution in [0.25, 0.3) is 28.3 Å². The highest BCUT2D eigenvalue weighted by Crippen LogP contribution is 2.27. The second-order valence-electron chi connectivity index (χ2n) is 8.46. The highest BCUT2D eigenvalue weighted by atomic mass is 16.5. The molecule has 168 valence electrons. The first kappa shape index (κ1) is 19.9. The van der Waals surface area contributed by atoms with E-state index in [1.54, 1.807) is 6.20 Å². The fraction of sp³-hybridized carbons (Fsp3) is 0.304. The number of aromatic nitrogens is 5. The molecule has 0 unspecified atom stereocenters. The Morgan fingerprint density at radius 3 is 2.27 bits per heavy atom. The molecule has 4 N–H and O–H groups in total. The molecule has 33 heavy (non-hydrogen) atoms. The van der Waals surface area contributed by atoms with Gasteiger partial charge < -0.3 is 25.5 Å². The van der Waals surface area contributed by atoms with Crippen molar-refractivity contribution in [1.82, 2.24) is 29.2 Å². The van der Waals surface area contributed by atoms with Gasteiger partial charge in [0.15, 0.2) is 11.5 Å².